The van der Waals surface area contributed by atoms with Gasteiger partial charge in [-0.3, -0.25) is 4.79 Å². The minimum atomic E-state index is -3.86. The maximum absolute atomic E-state index is 14.0. The molecular weight excluding hydrogens is 476 g/mol. The molecular formula is C28H32N2O5S. The molecule has 0 spiro atoms. The maximum Gasteiger partial charge on any atom is 0.257 e. The smallest absolute Gasteiger partial charge is 0.257 e. The van der Waals surface area contributed by atoms with Crippen molar-refractivity contribution in [3.63, 3.8) is 0 Å². The quantitative estimate of drug-likeness (QED) is 0.515. The number of sulfonamides is 1. The molecule has 0 unspecified atom stereocenters. The largest absolute Gasteiger partial charge is 0.497 e. The fourth-order valence-corrected chi connectivity index (χ4v) is 6.09. The molecule has 0 saturated heterocycles. The minimum Gasteiger partial charge on any atom is -0.497 e. The summed E-state index contributed by atoms with van der Waals surface area (Å²) in [5, 5.41) is 0. The van der Waals surface area contributed by atoms with Gasteiger partial charge >= 0.3 is 0 Å². The molecule has 0 aliphatic carbocycles. The number of hydrogen-bond donors (Lipinski definition) is 0. The molecule has 0 saturated carbocycles. The standard InChI is InChI=1S/C28H32N2O5S/c1-29-17-8-9-18-30(36(32,33)25-14-10-13-24(20-25)34-2)23(19-22-11-4-3-5-12-22)21-35-27-16-7-6-15-26(27)28(29)31/h3-7,10-16,20,23H,8-9,17-19,21H2,1-2H3/t23-/m1/s1. The second kappa shape index (κ2) is 11.6. The van der Waals surface area contributed by atoms with Crippen LogP contribution in [-0.2, 0) is 16.4 Å². The number of carbonyl (C=O) groups is 1. The minimum absolute atomic E-state index is 0.103. The Labute approximate surface area is 213 Å². The highest BCUT2D eigenvalue weighted by Crippen LogP contribution is 2.27. The zero-order valence-electron chi connectivity index (χ0n) is 20.7. The van der Waals surface area contributed by atoms with E-state index in [4.69, 9.17) is 9.47 Å². The van der Waals surface area contributed by atoms with E-state index >= 15 is 0 Å². The molecule has 0 bridgehead atoms. The number of methoxy groups -OCH3 is 1. The summed E-state index contributed by atoms with van der Waals surface area (Å²) in [6, 6.07) is 23.0. The Balaban J connectivity index is 1.75. The molecule has 1 amide bonds. The van der Waals surface area contributed by atoms with Crippen molar-refractivity contribution in [1.29, 1.82) is 0 Å². The molecule has 1 aliphatic rings. The monoisotopic (exact) mass is 508 g/mol. The first-order chi connectivity index (χ1) is 17.4. The molecule has 3 aromatic rings. The number of ether oxygens (including phenoxy) is 2. The normalized spacial score (nSPS) is 17.9. The number of rotatable bonds is 5. The Bertz CT molecular complexity index is 1280. The number of amides is 1. The van der Waals surface area contributed by atoms with Crippen molar-refractivity contribution in [3.8, 4) is 11.5 Å². The van der Waals surface area contributed by atoms with Gasteiger partial charge in [-0.25, -0.2) is 8.42 Å². The average Bonchev–Trinajstić information content (AvgIpc) is 2.90. The van der Waals surface area contributed by atoms with Crippen molar-refractivity contribution < 1.29 is 22.7 Å². The van der Waals surface area contributed by atoms with E-state index in [1.807, 2.05) is 36.4 Å². The molecule has 1 aliphatic heterocycles. The number of fused-ring (bicyclic) bond motifs is 1. The van der Waals surface area contributed by atoms with Crippen LogP contribution in [0.5, 0.6) is 11.5 Å². The van der Waals surface area contributed by atoms with E-state index in [1.165, 1.54) is 7.11 Å². The highest BCUT2D eigenvalue weighted by Gasteiger charge is 2.33. The Kier molecular flexibility index (Phi) is 8.28. The van der Waals surface area contributed by atoms with Gasteiger partial charge in [0, 0.05) is 26.2 Å². The number of nitrogens with zero attached hydrogens (tertiary/aromatic N) is 2. The van der Waals surface area contributed by atoms with E-state index in [1.54, 1.807) is 58.7 Å². The summed E-state index contributed by atoms with van der Waals surface area (Å²) in [6.07, 6.45) is 1.75. The molecule has 0 fully saturated rings. The summed E-state index contributed by atoms with van der Waals surface area (Å²) in [7, 11) is -0.587. The summed E-state index contributed by atoms with van der Waals surface area (Å²) in [5.74, 6) is 0.828. The van der Waals surface area contributed by atoms with Crippen molar-refractivity contribution in [2.24, 2.45) is 0 Å². The Morgan fingerprint density at radius 2 is 1.67 bits per heavy atom. The second-order valence-electron chi connectivity index (χ2n) is 8.88. The van der Waals surface area contributed by atoms with Crippen LogP contribution in [0.2, 0.25) is 0 Å². The summed E-state index contributed by atoms with van der Waals surface area (Å²) < 4.78 is 41.0. The highest BCUT2D eigenvalue weighted by molar-refractivity contribution is 7.89. The van der Waals surface area contributed by atoms with Gasteiger partial charge < -0.3 is 14.4 Å². The summed E-state index contributed by atoms with van der Waals surface area (Å²) in [6.45, 7) is 0.930. The number of carbonyl (C=O) groups excluding carboxylic acids is 1. The predicted molar refractivity (Wildman–Crippen MR) is 139 cm³/mol. The first-order valence-electron chi connectivity index (χ1n) is 12.1. The SMILES string of the molecule is COc1cccc(S(=O)(=O)N2CCCCN(C)C(=O)c3ccccc3OC[C@H]2Cc2ccccc2)c1. The molecule has 3 aromatic carbocycles. The third-order valence-corrected chi connectivity index (χ3v) is 8.33. The zero-order valence-corrected chi connectivity index (χ0v) is 21.5. The molecule has 1 heterocycles. The van der Waals surface area contributed by atoms with Crippen LogP contribution in [-0.4, -0.2) is 63.4 Å². The van der Waals surface area contributed by atoms with Crippen molar-refractivity contribution >= 4 is 15.9 Å². The van der Waals surface area contributed by atoms with Gasteiger partial charge in [-0.1, -0.05) is 48.5 Å². The van der Waals surface area contributed by atoms with Crippen LogP contribution in [0, 0.1) is 0 Å². The molecule has 0 N–H and O–H groups in total. The molecule has 36 heavy (non-hydrogen) atoms. The molecule has 8 heteroatoms. The Morgan fingerprint density at radius 3 is 2.44 bits per heavy atom. The van der Waals surface area contributed by atoms with Gasteiger partial charge in [0.2, 0.25) is 10.0 Å². The van der Waals surface area contributed by atoms with Gasteiger partial charge in [-0.15, -0.1) is 0 Å². The lowest BCUT2D eigenvalue weighted by molar-refractivity contribution is 0.0781. The van der Waals surface area contributed by atoms with E-state index in [0.29, 0.717) is 49.4 Å². The number of para-hydroxylation sites is 1. The fraction of sp³-hybridized carbons (Fsp3) is 0.321. The van der Waals surface area contributed by atoms with E-state index < -0.39 is 16.1 Å². The average molecular weight is 509 g/mol. The van der Waals surface area contributed by atoms with E-state index in [9.17, 15) is 13.2 Å². The van der Waals surface area contributed by atoms with Gasteiger partial charge in [0.05, 0.1) is 23.6 Å². The molecule has 4 rings (SSSR count). The van der Waals surface area contributed by atoms with Crippen LogP contribution < -0.4 is 9.47 Å². The van der Waals surface area contributed by atoms with Crippen LogP contribution in [0.15, 0.2) is 83.8 Å². The van der Waals surface area contributed by atoms with Gasteiger partial charge in [-0.2, -0.15) is 4.31 Å². The number of hydrogen-bond acceptors (Lipinski definition) is 5. The fourth-order valence-electron chi connectivity index (χ4n) is 4.41. The van der Waals surface area contributed by atoms with Gasteiger partial charge in [0.25, 0.3) is 5.91 Å². The van der Waals surface area contributed by atoms with Crippen LogP contribution in [0.1, 0.15) is 28.8 Å². The Morgan fingerprint density at radius 1 is 0.944 bits per heavy atom. The number of benzene rings is 3. The lowest BCUT2D eigenvalue weighted by Gasteiger charge is -2.32. The molecule has 190 valence electrons. The maximum atomic E-state index is 14.0. The van der Waals surface area contributed by atoms with Crippen LogP contribution in [0.25, 0.3) is 0 Å². The third-order valence-electron chi connectivity index (χ3n) is 6.39. The lowest BCUT2D eigenvalue weighted by Crippen LogP contribution is -2.46. The van der Waals surface area contributed by atoms with Gasteiger partial charge in [-0.05, 0) is 49.1 Å². The Hall–Kier alpha value is -3.36. The molecule has 1 atom stereocenters. The molecule has 0 aromatic heterocycles. The first-order valence-corrected chi connectivity index (χ1v) is 13.5. The van der Waals surface area contributed by atoms with Gasteiger partial charge in [0.15, 0.2) is 0 Å². The predicted octanol–water partition coefficient (Wildman–Crippen LogP) is 4.24. The van der Waals surface area contributed by atoms with Crippen LogP contribution >= 0.6 is 0 Å². The van der Waals surface area contributed by atoms with E-state index in [2.05, 4.69) is 0 Å². The topological polar surface area (TPSA) is 76.2 Å². The van der Waals surface area contributed by atoms with Crippen molar-refractivity contribution in [1.82, 2.24) is 9.21 Å². The van der Waals surface area contributed by atoms with Crippen LogP contribution in [0.4, 0.5) is 0 Å². The second-order valence-corrected chi connectivity index (χ2v) is 10.8. The third kappa shape index (κ3) is 5.88. The lowest BCUT2D eigenvalue weighted by atomic mass is 10.1. The van der Waals surface area contributed by atoms with E-state index in [-0.39, 0.29) is 17.4 Å². The van der Waals surface area contributed by atoms with Crippen molar-refractivity contribution in [3.05, 3.63) is 90.0 Å². The first kappa shape index (κ1) is 25.7. The van der Waals surface area contributed by atoms with E-state index in [0.717, 1.165) is 5.56 Å². The zero-order chi connectivity index (χ0) is 25.5. The highest BCUT2D eigenvalue weighted by atomic mass is 32.2. The summed E-state index contributed by atoms with van der Waals surface area (Å²) in [4.78, 5) is 14.9. The molecule has 7 nitrogen and oxygen atoms in total. The van der Waals surface area contributed by atoms with Gasteiger partial charge in [0.1, 0.15) is 18.1 Å². The molecule has 0 radical (unpaired) electrons. The van der Waals surface area contributed by atoms with Crippen LogP contribution in [0.3, 0.4) is 0 Å². The summed E-state index contributed by atoms with van der Waals surface area (Å²) in [5.41, 5.74) is 1.48. The van der Waals surface area contributed by atoms with Crippen molar-refractivity contribution in [2.45, 2.75) is 30.2 Å². The van der Waals surface area contributed by atoms with Crippen molar-refractivity contribution in [2.75, 3.05) is 33.9 Å². The summed E-state index contributed by atoms with van der Waals surface area (Å²) >= 11 is 0.